The second-order valence-electron chi connectivity index (χ2n) is 4.75. The van der Waals surface area contributed by atoms with Crippen molar-refractivity contribution >= 4 is 17.6 Å². The highest BCUT2D eigenvalue weighted by molar-refractivity contribution is 6.03. The number of amides is 2. The normalized spacial score (nSPS) is 22.9. The van der Waals surface area contributed by atoms with Gasteiger partial charge in [-0.3, -0.25) is 9.59 Å². The molecule has 0 spiro atoms. The number of amidine groups is 1. The molecule has 0 radical (unpaired) electrons. The Kier molecular flexibility index (Phi) is 4.52. The molecule has 2 atom stereocenters. The van der Waals surface area contributed by atoms with Gasteiger partial charge in [0.25, 0.3) is 0 Å². The van der Waals surface area contributed by atoms with E-state index >= 15 is 0 Å². The summed E-state index contributed by atoms with van der Waals surface area (Å²) in [5.41, 5.74) is 5.56. The van der Waals surface area contributed by atoms with Crippen molar-refractivity contribution in [1.82, 2.24) is 10.2 Å². The maximum Gasteiger partial charge on any atom is 0.242 e. The molecule has 1 aliphatic rings. The molecule has 0 aromatic heterocycles. The lowest BCUT2D eigenvalue weighted by molar-refractivity contribution is -0.144. The quantitative estimate of drug-likeness (QED) is 0.270. The van der Waals surface area contributed by atoms with Crippen LogP contribution in [0.15, 0.2) is 5.16 Å². The van der Waals surface area contributed by atoms with Gasteiger partial charge in [0.05, 0.1) is 0 Å². The molecule has 0 bridgehead atoms. The molecule has 7 heteroatoms. The zero-order valence-corrected chi connectivity index (χ0v) is 10.9. The van der Waals surface area contributed by atoms with Crippen molar-refractivity contribution in [3.05, 3.63) is 0 Å². The Hall–Kier alpha value is -1.79. The van der Waals surface area contributed by atoms with Crippen molar-refractivity contribution in [3.63, 3.8) is 0 Å². The van der Waals surface area contributed by atoms with Crippen molar-refractivity contribution in [1.29, 1.82) is 0 Å². The van der Waals surface area contributed by atoms with Crippen molar-refractivity contribution in [2.24, 2.45) is 22.7 Å². The molecule has 1 fully saturated rings. The summed E-state index contributed by atoms with van der Waals surface area (Å²) in [6, 6.07) is -0.529. The molecule has 0 aromatic rings. The minimum atomic E-state index is -0.705. The molecular formula is C11H20N4O3. The second kappa shape index (κ2) is 5.70. The van der Waals surface area contributed by atoms with Gasteiger partial charge in [0.1, 0.15) is 12.0 Å². The fourth-order valence-corrected chi connectivity index (χ4v) is 2.08. The van der Waals surface area contributed by atoms with Crippen LogP contribution in [-0.2, 0) is 9.59 Å². The van der Waals surface area contributed by atoms with E-state index in [1.165, 1.54) is 4.90 Å². The van der Waals surface area contributed by atoms with Gasteiger partial charge in [-0.25, -0.2) is 0 Å². The molecule has 0 aliphatic carbocycles. The Morgan fingerprint density at radius 1 is 1.61 bits per heavy atom. The third-order valence-corrected chi connectivity index (χ3v) is 3.15. The summed E-state index contributed by atoms with van der Waals surface area (Å²) in [7, 11) is 0. The van der Waals surface area contributed by atoms with Crippen molar-refractivity contribution < 1.29 is 14.8 Å². The first-order valence-electron chi connectivity index (χ1n) is 5.95. The van der Waals surface area contributed by atoms with Crippen LogP contribution in [0.1, 0.15) is 20.8 Å². The Balaban J connectivity index is 2.92. The number of nitrogens with one attached hydrogen (secondary N) is 1. The van der Waals surface area contributed by atoms with Crippen LogP contribution < -0.4 is 11.1 Å². The molecule has 1 aliphatic heterocycles. The largest absolute Gasteiger partial charge is 0.409 e. The van der Waals surface area contributed by atoms with Crippen molar-refractivity contribution in [2.45, 2.75) is 26.8 Å². The maximum atomic E-state index is 12.4. The van der Waals surface area contributed by atoms with E-state index in [-0.39, 0.29) is 23.6 Å². The molecule has 4 N–H and O–H groups in total. The molecule has 0 aromatic carbocycles. The highest BCUT2D eigenvalue weighted by Crippen LogP contribution is 2.17. The van der Waals surface area contributed by atoms with Gasteiger partial charge in [0.2, 0.25) is 11.8 Å². The highest BCUT2D eigenvalue weighted by Gasteiger charge is 2.36. The van der Waals surface area contributed by atoms with Gasteiger partial charge in [-0.2, -0.15) is 0 Å². The average Bonchev–Trinajstić information content (AvgIpc) is 2.31. The number of carbonyl (C=O) groups excluding carboxylic acids is 2. The molecule has 1 rings (SSSR count). The molecule has 102 valence electrons. The van der Waals surface area contributed by atoms with Crippen LogP contribution in [0, 0.1) is 11.8 Å². The van der Waals surface area contributed by atoms with Gasteiger partial charge >= 0.3 is 0 Å². The first-order chi connectivity index (χ1) is 8.40. The lowest BCUT2D eigenvalue weighted by Crippen LogP contribution is -2.58. The van der Waals surface area contributed by atoms with E-state index in [1.807, 2.05) is 13.8 Å². The van der Waals surface area contributed by atoms with Crippen LogP contribution in [-0.4, -0.2) is 46.9 Å². The summed E-state index contributed by atoms with van der Waals surface area (Å²) in [4.78, 5) is 25.4. The monoisotopic (exact) mass is 256 g/mol. The minimum absolute atomic E-state index is 0.106. The summed E-state index contributed by atoms with van der Waals surface area (Å²) in [5, 5.41) is 14.3. The lowest BCUT2D eigenvalue weighted by Gasteiger charge is -2.35. The van der Waals surface area contributed by atoms with Crippen LogP contribution in [0.3, 0.4) is 0 Å². The number of hydrogen-bond acceptors (Lipinski definition) is 4. The maximum absolute atomic E-state index is 12.4. The number of nitrogens with zero attached hydrogens (tertiary/aromatic N) is 2. The fourth-order valence-electron chi connectivity index (χ4n) is 2.08. The molecule has 2 unspecified atom stereocenters. The molecular weight excluding hydrogens is 236 g/mol. The highest BCUT2D eigenvalue weighted by atomic mass is 16.4. The third kappa shape index (κ3) is 2.72. The summed E-state index contributed by atoms with van der Waals surface area (Å²) in [6.45, 7) is 6.16. The number of piperazine rings is 1. The predicted molar refractivity (Wildman–Crippen MR) is 65.9 cm³/mol. The first-order valence-corrected chi connectivity index (χ1v) is 5.95. The second-order valence-corrected chi connectivity index (χ2v) is 4.75. The summed E-state index contributed by atoms with van der Waals surface area (Å²) >= 11 is 0. The molecule has 7 nitrogen and oxygen atoms in total. The number of carbonyl (C=O) groups is 2. The third-order valence-electron chi connectivity index (χ3n) is 3.15. The van der Waals surface area contributed by atoms with Gasteiger partial charge in [-0.1, -0.05) is 19.0 Å². The van der Waals surface area contributed by atoms with E-state index in [2.05, 4.69) is 10.5 Å². The van der Waals surface area contributed by atoms with Crippen molar-refractivity contribution in [3.8, 4) is 0 Å². The number of oxime groups is 1. The van der Waals surface area contributed by atoms with Crippen molar-refractivity contribution in [2.75, 3.05) is 13.1 Å². The molecule has 0 saturated carbocycles. The minimum Gasteiger partial charge on any atom is -0.409 e. The Morgan fingerprint density at radius 2 is 2.22 bits per heavy atom. The average molecular weight is 256 g/mol. The number of rotatable bonds is 3. The Labute approximate surface area is 106 Å². The summed E-state index contributed by atoms with van der Waals surface area (Å²) in [5.74, 6) is -1.39. The SMILES string of the molecule is CC(C)C(C(=O)N1CCNC(=O)C1C)/C(N)=N/O. The van der Waals surface area contributed by atoms with Gasteiger partial charge < -0.3 is 21.2 Å². The Morgan fingerprint density at radius 3 is 2.72 bits per heavy atom. The number of nitrogens with two attached hydrogens (primary N) is 1. The standard InChI is InChI=1S/C11H20N4O3/c1-6(2)8(9(12)14-18)11(17)15-5-4-13-10(16)7(15)3/h6-8,18H,4-5H2,1-3H3,(H2,12,14)(H,13,16). The van der Waals surface area contributed by atoms with Crippen LogP contribution in [0.4, 0.5) is 0 Å². The topological polar surface area (TPSA) is 108 Å². The predicted octanol–water partition coefficient (Wildman–Crippen LogP) is -0.648. The molecule has 1 saturated heterocycles. The van der Waals surface area contributed by atoms with E-state index in [4.69, 9.17) is 10.9 Å². The van der Waals surface area contributed by atoms with Crippen LogP contribution in [0.5, 0.6) is 0 Å². The van der Waals surface area contributed by atoms with Crippen LogP contribution in [0.25, 0.3) is 0 Å². The van der Waals surface area contributed by atoms with E-state index < -0.39 is 12.0 Å². The van der Waals surface area contributed by atoms with E-state index in [1.54, 1.807) is 6.92 Å². The van der Waals surface area contributed by atoms with Gasteiger partial charge in [0, 0.05) is 13.1 Å². The smallest absolute Gasteiger partial charge is 0.242 e. The van der Waals surface area contributed by atoms with Gasteiger partial charge in [-0.15, -0.1) is 0 Å². The fraction of sp³-hybridized carbons (Fsp3) is 0.727. The van der Waals surface area contributed by atoms with E-state index in [0.717, 1.165) is 0 Å². The summed E-state index contributed by atoms with van der Waals surface area (Å²) < 4.78 is 0. The molecule has 18 heavy (non-hydrogen) atoms. The Bertz CT molecular complexity index is 367. The number of hydrogen-bond donors (Lipinski definition) is 3. The molecule has 2 amide bonds. The van der Waals surface area contributed by atoms with E-state index in [9.17, 15) is 9.59 Å². The van der Waals surface area contributed by atoms with Gasteiger partial charge in [-0.05, 0) is 12.8 Å². The van der Waals surface area contributed by atoms with E-state index in [0.29, 0.717) is 13.1 Å². The molecule has 1 heterocycles. The first kappa shape index (κ1) is 14.3. The van der Waals surface area contributed by atoms with Crippen LogP contribution in [0.2, 0.25) is 0 Å². The zero-order chi connectivity index (χ0) is 13.9. The van der Waals surface area contributed by atoms with Gasteiger partial charge in [0.15, 0.2) is 5.84 Å². The lowest BCUT2D eigenvalue weighted by atomic mass is 9.92. The summed E-state index contributed by atoms with van der Waals surface area (Å²) in [6.07, 6.45) is 0. The zero-order valence-electron chi connectivity index (χ0n) is 10.9. The van der Waals surface area contributed by atoms with Crippen LogP contribution >= 0.6 is 0 Å².